The molecule has 0 bridgehead atoms. The number of pyridine rings is 1. The van der Waals surface area contributed by atoms with Gasteiger partial charge in [-0.05, 0) is 31.9 Å². The van der Waals surface area contributed by atoms with Crippen molar-refractivity contribution in [1.29, 1.82) is 0 Å². The first-order valence-electron chi connectivity index (χ1n) is 8.16. The Balaban J connectivity index is 1.74. The van der Waals surface area contributed by atoms with Crippen molar-refractivity contribution in [2.24, 2.45) is 5.73 Å². The number of rotatable bonds is 4. The number of nitrogens with zero attached hydrogens (tertiary/aromatic N) is 4. The fourth-order valence-electron chi connectivity index (χ4n) is 2.96. The maximum absolute atomic E-state index is 11.8. The molecule has 1 saturated heterocycles. The average Bonchev–Trinajstić information content (AvgIpc) is 2.61. The second-order valence-corrected chi connectivity index (χ2v) is 6.00. The molecule has 1 aliphatic heterocycles. The lowest BCUT2D eigenvalue weighted by Crippen LogP contribution is -2.42. The second kappa shape index (κ2) is 7.35. The fourth-order valence-corrected chi connectivity index (χ4v) is 2.96. The van der Waals surface area contributed by atoms with Crippen LogP contribution in [0.15, 0.2) is 30.6 Å². The number of carbonyl (C=O) groups is 1. The molecule has 0 unspecified atom stereocenters. The van der Waals surface area contributed by atoms with Gasteiger partial charge < -0.3 is 16.0 Å². The zero-order chi connectivity index (χ0) is 16.9. The number of hydrogen-bond acceptors (Lipinski definition) is 6. The van der Waals surface area contributed by atoms with Crippen molar-refractivity contribution in [1.82, 2.24) is 19.9 Å². The number of likely N-dealkylation sites (tertiary alicyclic amines) is 1. The molecule has 126 valence electrons. The minimum absolute atomic E-state index is 0.00843. The van der Waals surface area contributed by atoms with Crippen LogP contribution in [0, 0.1) is 6.92 Å². The van der Waals surface area contributed by atoms with Crippen molar-refractivity contribution in [2.75, 3.05) is 25.0 Å². The zero-order valence-electron chi connectivity index (χ0n) is 13.8. The summed E-state index contributed by atoms with van der Waals surface area (Å²) < 4.78 is 0. The van der Waals surface area contributed by atoms with Crippen LogP contribution in [0.2, 0.25) is 0 Å². The van der Waals surface area contributed by atoms with Gasteiger partial charge in [0.2, 0.25) is 5.91 Å². The second-order valence-electron chi connectivity index (χ2n) is 6.00. The molecule has 1 aliphatic rings. The lowest BCUT2D eigenvalue weighted by Gasteiger charge is -2.32. The van der Waals surface area contributed by atoms with Crippen LogP contribution >= 0.6 is 0 Å². The van der Waals surface area contributed by atoms with Gasteiger partial charge in [0.15, 0.2) is 0 Å². The molecule has 3 heterocycles. The molecule has 3 N–H and O–H groups in total. The summed E-state index contributed by atoms with van der Waals surface area (Å²) in [5.41, 5.74) is 7.30. The van der Waals surface area contributed by atoms with Gasteiger partial charge in [-0.1, -0.05) is 6.07 Å². The van der Waals surface area contributed by atoms with Gasteiger partial charge in [0.25, 0.3) is 0 Å². The average molecular weight is 326 g/mol. The van der Waals surface area contributed by atoms with Crippen LogP contribution in [0.4, 0.5) is 11.6 Å². The van der Waals surface area contributed by atoms with E-state index in [0.717, 1.165) is 36.6 Å². The summed E-state index contributed by atoms with van der Waals surface area (Å²) in [6.45, 7) is 3.42. The predicted molar refractivity (Wildman–Crippen MR) is 91.9 cm³/mol. The third-order valence-corrected chi connectivity index (χ3v) is 4.16. The summed E-state index contributed by atoms with van der Waals surface area (Å²) in [6, 6.07) is 5.78. The van der Waals surface area contributed by atoms with Crippen molar-refractivity contribution in [3.05, 3.63) is 42.0 Å². The lowest BCUT2D eigenvalue weighted by molar-refractivity contribution is -0.130. The van der Waals surface area contributed by atoms with E-state index < -0.39 is 0 Å². The van der Waals surface area contributed by atoms with Gasteiger partial charge in [0, 0.05) is 30.9 Å². The number of amides is 1. The Morgan fingerprint density at radius 3 is 3.00 bits per heavy atom. The number of aromatic nitrogens is 3. The number of carbonyl (C=O) groups excluding carboxylic acids is 1. The van der Waals surface area contributed by atoms with Crippen molar-refractivity contribution in [3.8, 4) is 0 Å². The Bertz CT molecular complexity index is 720. The lowest BCUT2D eigenvalue weighted by atomic mass is 9.95. The first-order chi connectivity index (χ1) is 11.7. The summed E-state index contributed by atoms with van der Waals surface area (Å²) in [7, 11) is 0. The van der Waals surface area contributed by atoms with Crippen LogP contribution in [0.1, 0.15) is 30.1 Å². The van der Waals surface area contributed by atoms with Crippen LogP contribution in [0.5, 0.6) is 0 Å². The molecule has 0 radical (unpaired) electrons. The van der Waals surface area contributed by atoms with Crippen LogP contribution in [0.25, 0.3) is 0 Å². The van der Waals surface area contributed by atoms with E-state index in [0.29, 0.717) is 12.4 Å². The van der Waals surface area contributed by atoms with Gasteiger partial charge >= 0.3 is 0 Å². The molecular weight excluding hydrogens is 304 g/mol. The molecule has 3 rings (SSSR count). The summed E-state index contributed by atoms with van der Waals surface area (Å²) in [6.07, 6.45) is 5.40. The standard InChI is InChI=1S/C17H22N6O/c1-12-4-2-6-15(20-12)22-16-10-19-9-14(21-16)13-5-3-7-23(11-13)17(24)8-18/h2,4,6,9-10,13H,3,5,7-8,11,18H2,1H3,(H,20,21,22)/t13-/m0/s1. The molecule has 0 aromatic carbocycles. The third kappa shape index (κ3) is 3.86. The zero-order valence-corrected chi connectivity index (χ0v) is 13.8. The van der Waals surface area contributed by atoms with Crippen LogP contribution in [-0.2, 0) is 4.79 Å². The number of piperidine rings is 1. The van der Waals surface area contributed by atoms with Crippen LogP contribution < -0.4 is 11.1 Å². The van der Waals surface area contributed by atoms with Crippen molar-refractivity contribution in [3.63, 3.8) is 0 Å². The molecule has 1 atom stereocenters. The summed E-state index contributed by atoms with van der Waals surface area (Å²) >= 11 is 0. The highest BCUT2D eigenvalue weighted by molar-refractivity contribution is 5.78. The fraction of sp³-hybridized carbons (Fsp3) is 0.412. The maximum Gasteiger partial charge on any atom is 0.236 e. The Hall–Kier alpha value is -2.54. The SMILES string of the molecule is Cc1cccc(Nc2cncc([C@H]3CCCN(C(=O)CN)C3)n2)n1. The largest absolute Gasteiger partial charge is 0.341 e. The summed E-state index contributed by atoms with van der Waals surface area (Å²) in [5.74, 6) is 1.58. The van der Waals surface area contributed by atoms with E-state index in [9.17, 15) is 4.79 Å². The number of aryl methyl sites for hydroxylation is 1. The molecular formula is C17H22N6O. The van der Waals surface area contributed by atoms with E-state index in [1.165, 1.54) is 0 Å². The first-order valence-corrected chi connectivity index (χ1v) is 8.16. The molecule has 24 heavy (non-hydrogen) atoms. The highest BCUT2D eigenvalue weighted by Crippen LogP contribution is 2.26. The third-order valence-electron chi connectivity index (χ3n) is 4.16. The molecule has 1 amide bonds. The molecule has 0 aliphatic carbocycles. The molecule has 7 heteroatoms. The quantitative estimate of drug-likeness (QED) is 0.885. The Kier molecular flexibility index (Phi) is 5.00. The smallest absolute Gasteiger partial charge is 0.236 e. The van der Waals surface area contributed by atoms with E-state index in [4.69, 9.17) is 5.73 Å². The molecule has 0 spiro atoms. The summed E-state index contributed by atoms with van der Waals surface area (Å²) in [5, 5.41) is 3.18. The van der Waals surface area contributed by atoms with Crippen molar-refractivity contribution >= 4 is 17.5 Å². The molecule has 0 saturated carbocycles. The minimum atomic E-state index is -0.00843. The molecule has 1 fully saturated rings. The Labute approximate surface area is 141 Å². The maximum atomic E-state index is 11.8. The topological polar surface area (TPSA) is 97.0 Å². The van der Waals surface area contributed by atoms with Gasteiger partial charge in [0.1, 0.15) is 11.6 Å². The van der Waals surface area contributed by atoms with E-state index in [2.05, 4.69) is 20.3 Å². The number of hydrogen-bond donors (Lipinski definition) is 2. The van der Waals surface area contributed by atoms with E-state index in [-0.39, 0.29) is 18.4 Å². The van der Waals surface area contributed by atoms with Crippen molar-refractivity contribution in [2.45, 2.75) is 25.7 Å². The van der Waals surface area contributed by atoms with Crippen molar-refractivity contribution < 1.29 is 4.79 Å². The van der Waals surface area contributed by atoms with E-state index in [1.807, 2.05) is 30.0 Å². The minimum Gasteiger partial charge on any atom is -0.341 e. The Morgan fingerprint density at radius 1 is 1.33 bits per heavy atom. The molecule has 2 aromatic rings. The Morgan fingerprint density at radius 2 is 2.21 bits per heavy atom. The molecule has 7 nitrogen and oxygen atoms in total. The number of nitrogens with one attached hydrogen (secondary N) is 1. The van der Waals surface area contributed by atoms with Crippen LogP contribution in [-0.4, -0.2) is 45.4 Å². The number of anilines is 2. The highest BCUT2D eigenvalue weighted by Gasteiger charge is 2.25. The van der Waals surface area contributed by atoms with Gasteiger partial charge in [-0.3, -0.25) is 9.78 Å². The highest BCUT2D eigenvalue weighted by atomic mass is 16.2. The van der Waals surface area contributed by atoms with Gasteiger partial charge in [0.05, 0.1) is 18.4 Å². The first kappa shape index (κ1) is 16.3. The predicted octanol–water partition coefficient (Wildman–Crippen LogP) is 1.59. The van der Waals surface area contributed by atoms with Crippen LogP contribution in [0.3, 0.4) is 0 Å². The monoisotopic (exact) mass is 326 g/mol. The summed E-state index contributed by atoms with van der Waals surface area (Å²) in [4.78, 5) is 27.0. The van der Waals surface area contributed by atoms with Gasteiger partial charge in [-0.25, -0.2) is 9.97 Å². The number of nitrogens with two attached hydrogens (primary N) is 1. The van der Waals surface area contributed by atoms with E-state index >= 15 is 0 Å². The van der Waals surface area contributed by atoms with E-state index in [1.54, 1.807) is 12.4 Å². The van der Waals surface area contributed by atoms with Gasteiger partial charge in [-0.2, -0.15) is 0 Å². The van der Waals surface area contributed by atoms with Gasteiger partial charge in [-0.15, -0.1) is 0 Å². The molecule has 2 aromatic heterocycles. The normalized spacial score (nSPS) is 17.6.